The molecule has 1 aliphatic heterocycles. The van der Waals surface area contributed by atoms with Gasteiger partial charge in [0.1, 0.15) is 15.8 Å². The molecule has 1 aromatic carbocycles. The largest absolute Gasteiger partial charge is 0.385 e. The highest BCUT2D eigenvalue weighted by Crippen LogP contribution is 2.33. The maximum Gasteiger partial charge on any atom is 0.267 e. The van der Waals surface area contributed by atoms with E-state index in [1.54, 1.807) is 36.4 Å². The Morgan fingerprint density at radius 1 is 1.15 bits per heavy atom. The first-order valence-electron chi connectivity index (χ1n) is 10.6. The molecule has 9 heteroatoms. The van der Waals surface area contributed by atoms with E-state index in [1.165, 1.54) is 21.7 Å². The van der Waals surface area contributed by atoms with Crippen LogP contribution in [-0.4, -0.2) is 51.3 Å². The number of nitrogens with one attached hydrogen (secondary N) is 1. The van der Waals surface area contributed by atoms with E-state index in [2.05, 4.69) is 22.4 Å². The van der Waals surface area contributed by atoms with Crippen molar-refractivity contribution in [3.63, 3.8) is 0 Å². The van der Waals surface area contributed by atoms with E-state index in [0.29, 0.717) is 52.4 Å². The molecular weight excluding hydrogens is 456 g/mol. The molecule has 33 heavy (non-hydrogen) atoms. The standard InChI is InChI=1S/C24H24N4O3S2/c1-31-15-7-14-28-23(30)19(33-24(28)32)16-18-21(25-12-11-17-8-3-2-4-9-17)26-20-10-5-6-13-27(20)22(18)29/h2-6,8-10,13,16,25H,7,11-12,14-15H2,1H3/b19-16+. The number of hydrogen-bond acceptors (Lipinski definition) is 7. The minimum atomic E-state index is -0.243. The maximum absolute atomic E-state index is 13.3. The van der Waals surface area contributed by atoms with Crippen LogP contribution in [0, 0.1) is 0 Å². The number of methoxy groups -OCH3 is 1. The smallest absolute Gasteiger partial charge is 0.267 e. The van der Waals surface area contributed by atoms with Crippen LogP contribution in [0.1, 0.15) is 17.5 Å². The fraction of sp³-hybridized carbons (Fsp3) is 0.250. The lowest BCUT2D eigenvalue weighted by Crippen LogP contribution is -2.29. The summed E-state index contributed by atoms with van der Waals surface area (Å²) >= 11 is 6.60. The Labute approximate surface area is 201 Å². The number of carbonyl (C=O) groups excluding carboxylic acids is 1. The monoisotopic (exact) mass is 480 g/mol. The average molecular weight is 481 g/mol. The Bertz CT molecular complexity index is 1260. The summed E-state index contributed by atoms with van der Waals surface area (Å²) < 4.78 is 7.03. The summed E-state index contributed by atoms with van der Waals surface area (Å²) in [6, 6.07) is 15.5. The Hall–Kier alpha value is -3.01. The molecule has 1 saturated heterocycles. The number of ether oxygens (including phenoxy) is 1. The van der Waals surface area contributed by atoms with E-state index >= 15 is 0 Å². The van der Waals surface area contributed by atoms with Crippen molar-refractivity contribution < 1.29 is 9.53 Å². The number of anilines is 1. The molecule has 7 nitrogen and oxygen atoms in total. The van der Waals surface area contributed by atoms with Crippen molar-refractivity contribution in [1.29, 1.82) is 0 Å². The van der Waals surface area contributed by atoms with Gasteiger partial charge >= 0.3 is 0 Å². The Balaban J connectivity index is 1.64. The summed E-state index contributed by atoms with van der Waals surface area (Å²) in [7, 11) is 1.62. The number of nitrogens with zero attached hydrogens (tertiary/aromatic N) is 3. The first kappa shape index (κ1) is 23.2. The Morgan fingerprint density at radius 3 is 2.73 bits per heavy atom. The van der Waals surface area contributed by atoms with Crippen molar-refractivity contribution in [1.82, 2.24) is 14.3 Å². The zero-order valence-corrected chi connectivity index (χ0v) is 19.8. The Morgan fingerprint density at radius 2 is 1.94 bits per heavy atom. The maximum atomic E-state index is 13.3. The summed E-state index contributed by atoms with van der Waals surface area (Å²) in [6.07, 6.45) is 4.74. The molecule has 170 valence electrons. The van der Waals surface area contributed by atoms with E-state index < -0.39 is 0 Å². The van der Waals surface area contributed by atoms with Crippen LogP contribution < -0.4 is 10.9 Å². The quantitative estimate of drug-likeness (QED) is 0.285. The second-order valence-corrected chi connectivity index (χ2v) is 9.13. The van der Waals surface area contributed by atoms with Gasteiger partial charge in [0.25, 0.3) is 11.5 Å². The summed E-state index contributed by atoms with van der Waals surface area (Å²) in [6.45, 7) is 1.62. The molecule has 0 radical (unpaired) electrons. The van der Waals surface area contributed by atoms with Gasteiger partial charge in [-0.3, -0.25) is 18.9 Å². The van der Waals surface area contributed by atoms with Crippen LogP contribution in [0.4, 0.5) is 5.82 Å². The molecule has 3 aromatic rings. The zero-order chi connectivity index (χ0) is 23.2. The van der Waals surface area contributed by atoms with Crippen LogP contribution in [0.5, 0.6) is 0 Å². The van der Waals surface area contributed by atoms with Gasteiger partial charge in [-0.05, 0) is 36.6 Å². The SMILES string of the molecule is COCCCN1C(=O)/C(=C\c2c(NCCc3ccccc3)nc3ccccn3c2=O)SC1=S. The summed E-state index contributed by atoms with van der Waals surface area (Å²) in [4.78, 5) is 32.9. The fourth-order valence-electron chi connectivity index (χ4n) is 3.53. The lowest BCUT2D eigenvalue weighted by atomic mass is 10.1. The van der Waals surface area contributed by atoms with Crippen molar-refractivity contribution in [2.24, 2.45) is 0 Å². The number of aromatic nitrogens is 2. The minimum Gasteiger partial charge on any atom is -0.385 e. The first-order chi connectivity index (χ1) is 16.1. The van der Waals surface area contributed by atoms with E-state index in [4.69, 9.17) is 17.0 Å². The van der Waals surface area contributed by atoms with Crippen LogP contribution >= 0.6 is 24.0 Å². The van der Waals surface area contributed by atoms with Crippen molar-refractivity contribution in [2.75, 3.05) is 32.1 Å². The minimum absolute atomic E-state index is 0.200. The van der Waals surface area contributed by atoms with Crippen LogP contribution in [-0.2, 0) is 16.0 Å². The molecule has 3 heterocycles. The van der Waals surface area contributed by atoms with Gasteiger partial charge in [0.05, 0.1) is 10.5 Å². The number of thiocarbonyl (C=S) groups is 1. The number of pyridine rings is 1. The molecule has 1 amide bonds. The molecule has 0 aliphatic carbocycles. The topological polar surface area (TPSA) is 75.9 Å². The third-order valence-corrected chi connectivity index (χ3v) is 6.57. The van der Waals surface area contributed by atoms with Crippen LogP contribution in [0.2, 0.25) is 0 Å². The molecule has 0 atom stereocenters. The normalized spacial score (nSPS) is 15.1. The predicted molar refractivity (Wildman–Crippen MR) is 136 cm³/mol. The molecule has 0 unspecified atom stereocenters. The van der Waals surface area contributed by atoms with Gasteiger partial charge in [0, 0.05) is 33.0 Å². The van der Waals surface area contributed by atoms with E-state index in [0.717, 1.165) is 6.42 Å². The molecule has 1 N–H and O–H groups in total. The number of benzene rings is 1. The molecule has 1 fully saturated rings. The van der Waals surface area contributed by atoms with E-state index in [9.17, 15) is 9.59 Å². The zero-order valence-electron chi connectivity index (χ0n) is 18.2. The lowest BCUT2D eigenvalue weighted by molar-refractivity contribution is -0.122. The molecule has 0 saturated carbocycles. The third kappa shape index (κ3) is 5.32. The molecule has 2 aromatic heterocycles. The molecule has 1 aliphatic rings. The molecule has 4 rings (SSSR count). The fourth-order valence-corrected chi connectivity index (χ4v) is 4.82. The van der Waals surface area contributed by atoms with E-state index in [-0.39, 0.29) is 11.5 Å². The number of amides is 1. The van der Waals surface area contributed by atoms with Crippen LogP contribution in [0.3, 0.4) is 0 Å². The lowest BCUT2D eigenvalue weighted by Gasteiger charge is -2.13. The molecular formula is C24H24N4O3S2. The number of carbonyl (C=O) groups is 1. The highest BCUT2D eigenvalue weighted by atomic mass is 32.2. The number of hydrogen-bond donors (Lipinski definition) is 1. The predicted octanol–water partition coefficient (Wildman–Crippen LogP) is 3.59. The van der Waals surface area contributed by atoms with Crippen molar-refractivity contribution >= 4 is 51.7 Å². The highest BCUT2D eigenvalue weighted by molar-refractivity contribution is 8.26. The van der Waals surface area contributed by atoms with Gasteiger partial charge in [-0.15, -0.1) is 0 Å². The number of fused-ring (bicyclic) bond motifs is 1. The van der Waals surface area contributed by atoms with Gasteiger partial charge in [-0.25, -0.2) is 4.98 Å². The second-order valence-electron chi connectivity index (χ2n) is 7.45. The summed E-state index contributed by atoms with van der Waals surface area (Å²) in [5, 5.41) is 3.30. The molecule has 0 spiro atoms. The first-order valence-corrected chi connectivity index (χ1v) is 11.8. The molecule has 0 bridgehead atoms. The van der Waals surface area contributed by atoms with E-state index in [1.807, 2.05) is 24.3 Å². The van der Waals surface area contributed by atoms with Gasteiger partial charge in [-0.2, -0.15) is 0 Å². The van der Waals surface area contributed by atoms with Crippen molar-refractivity contribution in [3.8, 4) is 0 Å². The van der Waals surface area contributed by atoms with Gasteiger partial charge in [0.15, 0.2) is 0 Å². The second kappa shape index (κ2) is 10.7. The summed E-state index contributed by atoms with van der Waals surface area (Å²) in [5.74, 6) is 0.251. The highest BCUT2D eigenvalue weighted by Gasteiger charge is 2.32. The van der Waals surface area contributed by atoms with Crippen LogP contribution in [0.25, 0.3) is 11.7 Å². The average Bonchev–Trinajstić information content (AvgIpc) is 3.09. The number of thioether (sulfide) groups is 1. The van der Waals surface area contributed by atoms with Crippen LogP contribution in [0.15, 0.2) is 64.4 Å². The van der Waals surface area contributed by atoms with Gasteiger partial charge < -0.3 is 10.1 Å². The third-order valence-electron chi connectivity index (χ3n) is 5.20. The van der Waals surface area contributed by atoms with Crippen molar-refractivity contribution in [2.45, 2.75) is 12.8 Å². The van der Waals surface area contributed by atoms with Gasteiger partial charge in [-0.1, -0.05) is 60.4 Å². The van der Waals surface area contributed by atoms with Gasteiger partial charge in [0.2, 0.25) is 0 Å². The number of rotatable bonds is 9. The Kier molecular flexibility index (Phi) is 7.54. The van der Waals surface area contributed by atoms with Crippen molar-refractivity contribution in [3.05, 3.63) is 81.1 Å². The summed E-state index contributed by atoms with van der Waals surface area (Å²) in [5.41, 5.74) is 1.81.